The number of aromatic amines is 1. The summed E-state index contributed by atoms with van der Waals surface area (Å²) in [5.74, 6) is -19.5. The number of nitrogens with zero attached hydrogens (tertiary/aromatic N) is 5. The van der Waals surface area contributed by atoms with Crippen molar-refractivity contribution in [2.24, 2.45) is 22.9 Å². The lowest BCUT2D eigenvalue weighted by molar-refractivity contribution is -0.146. The number of urea groups is 2. The number of nitrogens with two attached hydrogens (primary N) is 4. The number of likely N-dealkylation sites (N-methyl/N-ethyl adjacent to an activating group) is 1. The maximum atomic E-state index is 15.3. The number of aryl methyl sites for hydroxylation is 1. The molecule has 4 aromatic rings. The van der Waals surface area contributed by atoms with Crippen LogP contribution in [0.3, 0.4) is 0 Å². The number of fused-ring (bicyclic) bond motifs is 4. The van der Waals surface area contributed by atoms with E-state index in [2.05, 4.69) is 110 Å². The highest BCUT2D eigenvalue weighted by Crippen LogP contribution is 2.23. The highest BCUT2D eigenvalue weighted by molar-refractivity contribution is 7.80. The van der Waals surface area contributed by atoms with Gasteiger partial charge in [-0.25, -0.2) is 9.59 Å². The highest BCUT2D eigenvalue weighted by Gasteiger charge is 2.43. The molecule has 2 aliphatic rings. The van der Waals surface area contributed by atoms with Gasteiger partial charge < -0.3 is 127 Å². The summed E-state index contributed by atoms with van der Waals surface area (Å²) in [6.45, 7) is -1.26. The largest absolute Gasteiger partial charge is 0.508 e. The van der Waals surface area contributed by atoms with E-state index in [1.807, 2.05) is 0 Å². The number of benzene rings is 2. The van der Waals surface area contributed by atoms with Crippen molar-refractivity contribution in [3.05, 3.63) is 77.7 Å². The van der Waals surface area contributed by atoms with Crippen molar-refractivity contribution in [2.75, 3.05) is 51.3 Å². The zero-order valence-electron chi connectivity index (χ0n) is 64.4. The van der Waals surface area contributed by atoms with Crippen LogP contribution in [-0.2, 0) is 103 Å². The third kappa shape index (κ3) is 29.7. The number of amides is 18. The van der Waals surface area contributed by atoms with Gasteiger partial charge in [-0.3, -0.25) is 81.4 Å². The van der Waals surface area contributed by atoms with Crippen LogP contribution in [0.25, 0.3) is 10.9 Å². The number of aromatic hydroxyl groups is 1. The Morgan fingerprint density at radius 1 is 0.661 bits per heavy atom. The molecule has 4 heterocycles. The van der Waals surface area contributed by atoms with Crippen LogP contribution in [0.5, 0.6) is 5.75 Å². The molecule has 13 atom stereocenters. The van der Waals surface area contributed by atoms with Crippen molar-refractivity contribution in [1.82, 2.24) is 98.9 Å². The number of nitrogens with one attached hydrogen (secondary N) is 14. The number of aliphatic carboxylic acids is 2. The molecule has 2 aliphatic heterocycles. The Morgan fingerprint density at radius 2 is 1.24 bits per heavy atom. The van der Waals surface area contributed by atoms with Gasteiger partial charge in [0.2, 0.25) is 82.7 Å². The number of carbonyl (C=O) groups excluding carboxylic acids is 16. The molecule has 2 bridgehead atoms. The summed E-state index contributed by atoms with van der Waals surface area (Å²) < 4.78 is 1.18. The van der Waals surface area contributed by atoms with Crippen LogP contribution in [-0.4, -0.2) is 287 Å². The first-order valence-electron chi connectivity index (χ1n) is 37.5. The van der Waals surface area contributed by atoms with E-state index in [0.29, 0.717) is 22.0 Å². The Balaban J connectivity index is 1.50. The van der Waals surface area contributed by atoms with Gasteiger partial charge in [-0.05, 0) is 94.0 Å². The highest BCUT2D eigenvalue weighted by atomic mass is 32.1. The standard InChI is InChI=1S/C71H101N23O22S2/c1-35(95)57-67(112)87-49(28-55(99)100)69(114)94-24-8-14-52(94)66(111)83-43(12-6-22-77-71(75)116)60(105)88-51(34-118)65(110)81-42(11-5-21-76-70(74)115)58(103)84-46(26-37-30-78-41-10-4-3-9-40(37)41)62(107)82-45(19-20-53(73)97)61(106)80-44(59(104)86-48(68(113)92(2)32-56(101)102)25-36-15-17-39(96)18-16-36)13-7-23-93-31-38(90-91-93)27-47(63(108)89-57)85-64(109)50(33-117)79-54(98)29-72/h3-4,9-10,15-18,30-31,35,42-52,57,78,95-96,117-118H,5-8,11-14,19-29,32-34,72H2,1-2H3,(H2,73,97)(H,79,98)(H,80,106)(H,81,110)(H,82,107)(H,83,111)(H,84,103)(H,85,109)(H,86,104)(H,87,112)(H,88,105)(H,89,108)(H,99,100)(H,101,102)(H3,74,76,115)(H3,75,77,116)/t35-,42-,43-,44-,45-,46+,47+,48-,49-,50+,51?,52+,57+/m0/s1. The Labute approximate surface area is 685 Å². The summed E-state index contributed by atoms with van der Waals surface area (Å²) in [6, 6.07) is -10.7. The predicted molar refractivity (Wildman–Crippen MR) is 421 cm³/mol. The molecule has 47 heteroatoms. The minimum atomic E-state index is -2.09. The van der Waals surface area contributed by atoms with Crippen molar-refractivity contribution >= 4 is 143 Å². The lowest BCUT2D eigenvalue weighted by atomic mass is 10.0. The fraction of sp³-hybridized carbons (Fsp3) is 0.521. The second kappa shape index (κ2) is 46.4. The molecule has 1 fully saturated rings. The molecule has 18 amide bonds. The van der Waals surface area contributed by atoms with E-state index >= 15 is 19.2 Å². The monoisotopic (exact) mass is 1690 g/mol. The number of phenolic OH excluding ortho intramolecular Hbond substituents is 1. The second-order valence-corrected chi connectivity index (χ2v) is 28.7. The number of hydrogen-bond donors (Lipinski definition) is 24. The van der Waals surface area contributed by atoms with E-state index < -0.39 is 243 Å². The molecule has 0 radical (unpaired) electrons. The zero-order chi connectivity index (χ0) is 87.0. The van der Waals surface area contributed by atoms with Gasteiger partial charge in [0.05, 0.1) is 24.8 Å². The molecular formula is C71H101N23O22S2. The number of aliphatic hydroxyl groups excluding tert-OH is 1. The number of rotatable bonds is 29. The molecule has 1 unspecified atom stereocenters. The summed E-state index contributed by atoms with van der Waals surface area (Å²) >= 11 is 8.48. The van der Waals surface area contributed by atoms with Gasteiger partial charge in [0.1, 0.15) is 84.8 Å². The van der Waals surface area contributed by atoms with Gasteiger partial charge in [-0.1, -0.05) is 35.5 Å². The number of carboxylic acids is 2. The van der Waals surface area contributed by atoms with E-state index in [1.165, 1.54) is 41.3 Å². The maximum Gasteiger partial charge on any atom is 0.323 e. The van der Waals surface area contributed by atoms with E-state index in [4.69, 9.17) is 22.9 Å². The van der Waals surface area contributed by atoms with E-state index in [-0.39, 0.29) is 94.7 Å². The summed E-state index contributed by atoms with van der Waals surface area (Å²) in [4.78, 5) is 254. The maximum absolute atomic E-state index is 15.3. The van der Waals surface area contributed by atoms with Crippen molar-refractivity contribution in [1.29, 1.82) is 0 Å². The van der Waals surface area contributed by atoms with Crippen LogP contribution < -0.4 is 92.1 Å². The number of H-pyrrole nitrogens is 1. The van der Waals surface area contributed by atoms with Crippen LogP contribution in [0.1, 0.15) is 94.4 Å². The second-order valence-electron chi connectivity index (χ2n) is 28.0. The van der Waals surface area contributed by atoms with Crippen LogP contribution in [0.2, 0.25) is 0 Å². The first-order chi connectivity index (χ1) is 56.0. The predicted octanol–water partition coefficient (Wildman–Crippen LogP) is -8.01. The molecule has 0 spiro atoms. The fourth-order valence-corrected chi connectivity index (χ4v) is 13.3. The molecule has 6 rings (SSSR count). The van der Waals surface area contributed by atoms with Gasteiger partial charge in [0.15, 0.2) is 0 Å². The van der Waals surface area contributed by atoms with E-state index in [9.17, 15) is 87.5 Å². The normalized spacial score (nSPS) is 22.0. The third-order valence-corrected chi connectivity index (χ3v) is 19.6. The lowest BCUT2D eigenvalue weighted by Gasteiger charge is -2.31. The van der Waals surface area contributed by atoms with Gasteiger partial charge in [-0.2, -0.15) is 25.3 Å². The molecule has 26 N–H and O–H groups in total. The summed E-state index contributed by atoms with van der Waals surface area (Å²) in [6.07, 6.45) is -4.33. The Kier molecular flexibility index (Phi) is 37.1. The van der Waals surface area contributed by atoms with Crippen molar-refractivity contribution < 1.29 is 107 Å². The smallest absolute Gasteiger partial charge is 0.323 e. The third-order valence-electron chi connectivity index (χ3n) is 18.9. The Hall–Kier alpha value is -12.4. The van der Waals surface area contributed by atoms with Gasteiger partial charge in [-0.15, -0.1) is 5.10 Å². The topological polar surface area (TPSA) is 702 Å². The lowest BCUT2D eigenvalue weighted by Crippen LogP contribution is -2.62. The Morgan fingerprint density at radius 3 is 1.83 bits per heavy atom. The summed E-state index contributed by atoms with van der Waals surface area (Å²) in [7, 11) is 1.14. The average Bonchev–Trinajstić information content (AvgIpc) is 1.59. The number of carboxylic acid groups (broad SMARTS) is 2. The first-order valence-corrected chi connectivity index (χ1v) is 38.7. The molecule has 0 aliphatic carbocycles. The Bertz CT molecular complexity index is 4280. The summed E-state index contributed by atoms with van der Waals surface area (Å²) in [5, 5.41) is 81.8. The fourth-order valence-electron chi connectivity index (χ4n) is 12.8. The van der Waals surface area contributed by atoms with Crippen LogP contribution in [0.15, 0.2) is 60.9 Å². The van der Waals surface area contributed by atoms with Crippen molar-refractivity contribution in [2.45, 2.75) is 182 Å². The summed E-state index contributed by atoms with van der Waals surface area (Å²) in [5.41, 5.74) is 23.0. The number of phenols is 1. The van der Waals surface area contributed by atoms with Gasteiger partial charge in [0.25, 0.3) is 0 Å². The van der Waals surface area contributed by atoms with Crippen LogP contribution in [0, 0.1) is 0 Å². The van der Waals surface area contributed by atoms with E-state index in [0.717, 1.165) is 23.8 Å². The van der Waals surface area contributed by atoms with E-state index in [1.54, 1.807) is 24.3 Å². The minimum absolute atomic E-state index is 0.0822. The molecule has 644 valence electrons. The molecule has 2 aromatic heterocycles. The molecule has 45 nitrogen and oxygen atoms in total. The van der Waals surface area contributed by atoms with Crippen LogP contribution in [0.4, 0.5) is 9.59 Å². The zero-order valence-corrected chi connectivity index (χ0v) is 66.2. The molecule has 0 saturated carbocycles. The first kappa shape index (κ1) is 94.5. The quantitative estimate of drug-likeness (QED) is 0.0177. The number of para-hydroxylation sites is 1. The molecule has 2 aromatic carbocycles. The van der Waals surface area contributed by atoms with Crippen molar-refractivity contribution in [3.8, 4) is 5.75 Å². The number of primary amides is 3. The molecule has 1 saturated heterocycles. The number of aromatic nitrogens is 4. The number of hydrogen-bond acceptors (Lipinski definition) is 25. The molecule has 118 heavy (non-hydrogen) atoms. The number of thiol groups is 2. The van der Waals surface area contributed by atoms with Gasteiger partial charge in [0, 0.05) is 93.7 Å². The van der Waals surface area contributed by atoms with Crippen molar-refractivity contribution in [3.63, 3.8) is 0 Å². The SMILES string of the molecule is C[C@H](O)[C@H]1NC(=O)[C@H](NC(=O)[C@@H](CS)NC(=O)CN)Cc2cn(nn2)CCC[C@@H](C(=O)N[C@@H](Cc2ccc(O)cc2)C(=O)N(C)CC(=O)O)NC(=O)[C@H](CCC(N)=O)NC(=O)[C@@H](Cc2c[nH]c3ccccc23)NC(=O)[C@H](CCCNC(N)=O)NC(=O)C(CS)NC(=O)[C@H](CCCNC(N)=O)NC(=O)[C@H]2CCCN2C(=O)[C@H](CC(=O)O)NC1=O. The minimum Gasteiger partial charge on any atom is -0.508 e. The average molecular weight is 1690 g/mol. The molecular weight excluding hydrogens is 1590 g/mol. The van der Waals surface area contributed by atoms with Gasteiger partial charge >= 0.3 is 24.0 Å². The van der Waals surface area contributed by atoms with Crippen LogP contribution >= 0.6 is 25.3 Å². The number of aliphatic hydroxyl groups is 1. The number of carbonyl (C=O) groups is 18.